The molecule has 2 aromatic carbocycles. The highest BCUT2D eigenvalue weighted by Gasteiger charge is 2.10. The minimum Gasteiger partial charge on any atom is -0.324 e. The molecule has 1 heterocycles. The van der Waals surface area contributed by atoms with E-state index in [4.69, 9.17) is 0 Å². The number of carbonyl (C=O) groups excluding carboxylic acids is 1. The SMILES string of the molecule is Cc1cc(Br)c(NC(=O)CSc2cccc3cccnc23)cc1C. The molecule has 3 aromatic rings. The molecular weight excluding hydrogens is 384 g/mol. The first-order valence-corrected chi connectivity index (χ1v) is 9.35. The molecule has 24 heavy (non-hydrogen) atoms. The van der Waals surface area contributed by atoms with Crippen molar-refractivity contribution in [3.63, 3.8) is 0 Å². The Morgan fingerprint density at radius 2 is 1.92 bits per heavy atom. The van der Waals surface area contributed by atoms with E-state index in [0.29, 0.717) is 5.75 Å². The topological polar surface area (TPSA) is 42.0 Å². The van der Waals surface area contributed by atoms with Crippen LogP contribution >= 0.6 is 27.7 Å². The number of benzene rings is 2. The van der Waals surface area contributed by atoms with Crippen LogP contribution in [0.15, 0.2) is 58.0 Å². The monoisotopic (exact) mass is 400 g/mol. The summed E-state index contributed by atoms with van der Waals surface area (Å²) in [5.74, 6) is 0.312. The van der Waals surface area contributed by atoms with Crippen LogP contribution in [0, 0.1) is 13.8 Å². The molecule has 0 fully saturated rings. The number of aryl methyl sites for hydroxylation is 2. The van der Waals surface area contributed by atoms with Gasteiger partial charge in [-0.3, -0.25) is 9.78 Å². The molecule has 0 bridgehead atoms. The number of aromatic nitrogens is 1. The lowest BCUT2D eigenvalue weighted by Crippen LogP contribution is -2.14. The normalized spacial score (nSPS) is 10.8. The minimum absolute atomic E-state index is 0.0307. The minimum atomic E-state index is -0.0307. The van der Waals surface area contributed by atoms with Crippen LogP contribution < -0.4 is 5.32 Å². The lowest BCUT2D eigenvalue weighted by molar-refractivity contribution is -0.113. The van der Waals surface area contributed by atoms with Crippen LogP contribution in [0.2, 0.25) is 0 Å². The number of amides is 1. The van der Waals surface area contributed by atoms with Gasteiger partial charge in [0.1, 0.15) is 0 Å². The number of nitrogens with zero attached hydrogens (tertiary/aromatic N) is 1. The van der Waals surface area contributed by atoms with Crippen LogP contribution in [0.25, 0.3) is 10.9 Å². The Morgan fingerprint density at radius 1 is 1.17 bits per heavy atom. The van der Waals surface area contributed by atoms with Crippen molar-refractivity contribution in [1.82, 2.24) is 4.98 Å². The second-order valence-corrected chi connectivity index (χ2v) is 7.46. The number of carbonyl (C=O) groups is 1. The molecular formula is C19H17BrN2OS. The lowest BCUT2D eigenvalue weighted by atomic mass is 10.1. The molecule has 0 radical (unpaired) electrons. The molecule has 0 unspecified atom stereocenters. The number of para-hydroxylation sites is 1. The van der Waals surface area contributed by atoms with Crippen LogP contribution in [-0.4, -0.2) is 16.6 Å². The Morgan fingerprint density at radius 3 is 2.75 bits per heavy atom. The molecule has 122 valence electrons. The summed E-state index contributed by atoms with van der Waals surface area (Å²) in [5, 5.41) is 4.05. The summed E-state index contributed by atoms with van der Waals surface area (Å²) < 4.78 is 0.899. The second-order valence-electron chi connectivity index (χ2n) is 5.58. The van der Waals surface area contributed by atoms with E-state index in [1.807, 2.05) is 49.4 Å². The van der Waals surface area contributed by atoms with E-state index in [2.05, 4.69) is 33.2 Å². The maximum absolute atomic E-state index is 12.3. The quantitative estimate of drug-likeness (QED) is 0.600. The second kappa shape index (κ2) is 7.36. The molecule has 3 rings (SSSR count). The number of anilines is 1. The highest BCUT2D eigenvalue weighted by molar-refractivity contribution is 9.10. The zero-order valence-electron chi connectivity index (χ0n) is 13.5. The van der Waals surface area contributed by atoms with Gasteiger partial charge in [0.05, 0.1) is 17.0 Å². The van der Waals surface area contributed by atoms with Gasteiger partial charge in [-0.25, -0.2) is 0 Å². The van der Waals surface area contributed by atoms with Crippen molar-refractivity contribution in [3.8, 4) is 0 Å². The van der Waals surface area contributed by atoms with E-state index >= 15 is 0 Å². The van der Waals surface area contributed by atoms with E-state index in [1.54, 1.807) is 6.20 Å². The van der Waals surface area contributed by atoms with Crippen LogP contribution in [-0.2, 0) is 4.79 Å². The van der Waals surface area contributed by atoms with Gasteiger partial charge in [-0.2, -0.15) is 0 Å². The first-order chi connectivity index (χ1) is 11.5. The average Bonchev–Trinajstić information content (AvgIpc) is 2.58. The molecule has 0 aliphatic carbocycles. The lowest BCUT2D eigenvalue weighted by Gasteiger charge is -2.10. The Labute approximate surface area is 154 Å². The van der Waals surface area contributed by atoms with E-state index in [1.165, 1.54) is 17.3 Å². The first-order valence-electron chi connectivity index (χ1n) is 7.58. The van der Waals surface area contributed by atoms with Crippen molar-refractivity contribution >= 4 is 50.2 Å². The van der Waals surface area contributed by atoms with Gasteiger partial charge in [-0.1, -0.05) is 18.2 Å². The third-order valence-corrected chi connectivity index (χ3v) is 5.51. The molecule has 0 aliphatic rings. The molecule has 3 nitrogen and oxygen atoms in total. The summed E-state index contributed by atoms with van der Waals surface area (Å²) in [6.45, 7) is 4.09. The van der Waals surface area contributed by atoms with Crippen LogP contribution in [0.4, 0.5) is 5.69 Å². The fraction of sp³-hybridized carbons (Fsp3) is 0.158. The van der Waals surface area contributed by atoms with Crippen molar-refractivity contribution in [2.24, 2.45) is 0 Å². The Hall–Kier alpha value is -1.85. The fourth-order valence-electron chi connectivity index (χ4n) is 2.40. The Balaban J connectivity index is 1.71. The number of nitrogens with one attached hydrogen (secondary N) is 1. The van der Waals surface area contributed by atoms with Crippen molar-refractivity contribution in [2.75, 3.05) is 11.1 Å². The maximum atomic E-state index is 12.3. The number of hydrogen-bond acceptors (Lipinski definition) is 3. The molecule has 1 amide bonds. The maximum Gasteiger partial charge on any atom is 0.234 e. The predicted octanol–water partition coefficient (Wildman–Crippen LogP) is 5.34. The summed E-state index contributed by atoms with van der Waals surface area (Å²) in [7, 11) is 0. The number of pyridine rings is 1. The first kappa shape index (κ1) is 17.0. The zero-order valence-corrected chi connectivity index (χ0v) is 15.9. The van der Waals surface area contributed by atoms with E-state index in [0.717, 1.165) is 31.5 Å². The Kier molecular flexibility index (Phi) is 5.21. The number of fused-ring (bicyclic) bond motifs is 1. The largest absolute Gasteiger partial charge is 0.324 e. The van der Waals surface area contributed by atoms with Crippen LogP contribution in [0.3, 0.4) is 0 Å². The molecule has 1 aromatic heterocycles. The van der Waals surface area contributed by atoms with Gasteiger partial charge in [0, 0.05) is 21.0 Å². The molecule has 0 atom stereocenters. The standard InChI is InChI=1S/C19H17BrN2OS/c1-12-9-15(20)16(10-13(12)2)22-18(23)11-24-17-7-3-5-14-6-4-8-21-19(14)17/h3-10H,11H2,1-2H3,(H,22,23). The van der Waals surface area contributed by atoms with Crippen molar-refractivity contribution in [3.05, 3.63) is 64.3 Å². The van der Waals surface area contributed by atoms with Gasteiger partial charge in [0.15, 0.2) is 0 Å². The molecule has 0 spiro atoms. The van der Waals surface area contributed by atoms with E-state index in [9.17, 15) is 4.79 Å². The van der Waals surface area contributed by atoms with Crippen LogP contribution in [0.5, 0.6) is 0 Å². The van der Waals surface area contributed by atoms with E-state index < -0.39 is 0 Å². The molecule has 0 saturated carbocycles. The summed E-state index contributed by atoms with van der Waals surface area (Å²) in [5.41, 5.74) is 4.08. The van der Waals surface area contributed by atoms with Gasteiger partial charge in [0.25, 0.3) is 0 Å². The summed E-state index contributed by atoms with van der Waals surface area (Å²) in [4.78, 5) is 17.7. The van der Waals surface area contributed by atoms with E-state index in [-0.39, 0.29) is 5.91 Å². The summed E-state index contributed by atoms with van der Waals surface area (Å²) in [6, 6.07) is 14.0. The number of rotatable bonds is 4. The number of thioether (sulfide) groups is 1. The van der Waals surface area contributed by atoms with Gasteiger partial charge >= 0.3 is 0 Å². The van der Waals surface area contributed by atoms with Gasteiger partial charge in [0.2, 0.25) is 5.91 Å². The number of halogens is 1. The third-order valence-electron chi connectivity index (χ3n) is 3.81. The highest BCUT2D eigenvalue weighted by atomic mass is 79.9. The molecule has 1 N–H and O–H groups in total. The highest BCUT2D eigenvalue weighted by Crippen LogP contribution is 2.28. The van der Waals surface area contributed by atoms with Gasteiger partial charge in [-0.05, 0) is 65.2 Å². The third kappa shape index (κ3) is 3.79. The molecule has 0 saturated heterocycles. The van der Waals surface area contributed by atoms with Crippen molar-refractivity contribution in [1.29, 1.82) is 0 Å². The van der Waals surface area contributed by atoms with Gasteiger partial charge in [-0.15, -0.1) is 11.8 Å². The fourth-order valence-corrected chi connectivity index (χ4v) is 3.80. The average molecular weight is 401 g/mol. The predicted molar refractivity (Wildman–Crippen MR) is 105 cm³/mol. The summed E-state index contributed by atoms with van der Waals surface area (Å²) >= 11 is 5.01. The van der Waals surface area contributed by atoms with Crippen molar-refractivity contribution < 1.29 is 4.79 Å². The van der Waals surface area contributed by atoms with Gasteiger partial charge < -0.3 is 5.32 Å². The molecule has 0 aliphatic heterocycles. The van der Waals surface area contributed by atoms with Crippen LogP contribution in [0.1, 0.15) is 11.1 Å². The Bertz CT molecular complexity index is 906. The molecule has 5 heteroatoms. The summed E-state index contributed by atoms with van der Waals surface area (Å²) in [6.07, 6.45) is 1.78. The number of hydrogen-bond donors (Lipinski definition) is 1. The smallest absolute Gasteiger partial charge is 0.234 e. The van der Waals surface area contributed by atoms with Crippen molar-refractivity contribution in [2.45, 2.75) is 18.7 Å². The zero-order chi connectivity index (χ0) is 17.1.